The van der Waals surface area contributed by atoms with Crippen molar-refractivity contribution < 1.29 is 0 Å². The van der Waals surface area contributed by atoms with E-state index in [4.69, 9.17) is 5.26 Å². The number of piperazine rings is 1. The average molecular weight is 308 g/mol. The molecule has 23 heavy (non-hydrogen) atoms. The standard InChI is InChI=1S/C17H20N6/c1-21(2)17-19-8-7-16(20-17)23-11-9-22(10-12-23)15-5-3-14(13-18)4-6-15/h3-8H,9-12H2,1-2H3. The minimum absolute atomic E-state index is 0.699. The van der Waals surface area contributed by atoms with Crippen molar-refractivity contribution in [2.45, 2.75) is 0 Å². The second-order valence-electron chi connectivity index (χ2n) is 5.74. The van der Waals surface area contributed by atoms with Crippen LogP contribution in [0.4, 0.5) is 17.5 Å². The predicted octanol–water partition coefficient (Wildman–Crippen LogP) is 1.74. The van der Waals surface area contributed by atoms with E-state index in [1.165, 1.54) is 5.69 Å². The number of nitrogens with zero attached hydrogens (tertiary/aromatic N) is 6. The third-order valence-corrected chi connectivity index (χ3v) is 3.99. The maximum absolute atomic E-state index is 8.88. The lowest BCUT2D eigenvalue weighted by atomic mass is 10.2. The molecular weight excluding hydrogens is 288 g/mol. The molecule has 1 aliphatic rings. The molecule has 1 aromatic carbocycles. The van der Waals surface area contributed by atoms with E-state index in [9.17, 15) is 0 Å². The Morgan fingerprint density at radius 1 is 1.00 bits per heavy atom. The smallest absolute Gasteiger partial charge is 0.226 e. The normalized spacial score (nSPS) is 14.5. The molecular formula is C17H20N6. The van der Waals surface area contributed by atoms with Crippen molar-refractivity contribution in [1.82, 2.24) is 9.97 Å². The summed E-state index contributed by atoms with van der Waals surface area (Å²) in [5.74, 6) is 1.71. The molecule has 1 aliphatic heterocycles. The minimum atomic E-state index is 0.699. The Labute approximate surface area is 136 Å². The molecule has 1 saturated heterocycles. The number of aromatic nitrogens is 2. The number of benzene rings is 1. The number of rotatable bonds is 3. The van der Waals surface area contributed by atoms with E-state index < -0.39 is 0 Å². The Balaban J connectivity index is 1.66. The number of hydrogen-bond acceptors (Lipinski definition) is 6. The van der Waals surface area contributed by atoms with Gasteiger partial charge in [0, 0.05) is 52.2 Å². The van der Waals surface area contributed by atoms with Gasteiger partial charge in [-0.15, -0.1) is 0 Å². The Morgan fingerprint density at radius 3 is 2.26 bits per heavy atom. The minimum Gasteiger partial charge on any atom is -0.368 e. The highest BCUT2D eigenvalue weighted by molar-refractivity contribution is 5.52. The summed E-state index contributed by atoms with van der Waals surface area (Å²) in [6.45, 7) is 3.72. The van der Waals surface area contributed by atoms with Gasteiger partial charge in [0.2, 0.25) is 5.95 Å². The van der Waals surface area contributed by atoms with Crippen molar-refractivity contribution in [3.63, 3.8) is 0 Å². The van der Waals surface area contributed by atoms with Crippen LogP contribution in [0.2, 0.25) is 0 Å². The Hall–Kier alpha value is -2.81. The zero-order valence-electron chi connectivity index (χ0n) is 13.5. The molecule has 3 rings (SSSR count). The largest absolute Gasteiger partial charge is 0.368 e. The van der Waals surface area contributed by atoms with E-state index in [0.29, 0.717) is 5.56 Å². The van der Waals surface area contributed by atoms with Crippen molar-refractivity contribution in [1.29, 1.82) is 5.26 Å². The molecule has 0 amide bonds. The quantitative estimate of drug-likeness (QED) is 0.861. The first-order chi connectivity index (χ1) is 11.2. The van der Waals surface area contributed by atoms with E-state index in [0.717, 1.165) is 37.9 Å². The van der Waals surface area contributed by atoms with Crippen molar-refractivity contribution in [3.8, 4) is 6.07 Å². The predicted molar refractivity (Wildman–Crippen MR) is 91.9 cm³/mol. The topological polar surface area (TPSA) is 59.3 Å². The molecule has 0 atom stereocenters. The molecule has 2 aromatic rings. The summed E-state index contributed by atoms with van der Waals surface area (Å²) in [4.78, 5) is 15.4. The van der Waals surface area contributed by atoms with Crippen molar-refractivity contribution in [3.05, 3.63) is 42.1 Å². The van der Waals surface area contributed by atoms with Crippen LogP contribution in [-0.4, -0.2) is 50.2 Å². The van der Waals surface area contributed by atoms with Gasteiger partial charge in [0.1, 0.15) is 5.82 Å². The molecule has 118 valence electrons. The van der Waals surface area contributed by atoms with Crippen molar-refractivity contribution in [2.75, 3.05) is 55.0 Å². The molecule has 0 spiro atoms. The van der Waals surface area contributed by atoms with E-state index >= 15 is 0 Å². The lowest BCUT2D eigenvalue weighted by molar-refractivity contribution is 0.646. The van der Waals surface area contributed by atoms with Gasteiger partial charge in [-0.2, -0.15) is 10.2 Å². The van der Waals surface area contributed by atoms with Gasteiger partial charge in [0.25, 0.3) is 0 Å². The number of anilines is 3. The van der Waals surface area contributed by atoms with Crippen LogP contribution in [0.25, 0.3) is 0 Å². The van der Waals surface area contributed by atoms with E-state index in [2.05, 4.69) is 25.8 Å². The summed E-state index contributed by atoms with van der Waals surface area (Å²) in [6.07, 6.45) is 1.81. The fraction of sp³-hybridized carbons (Fsp3) is 0.353. The zero-order chi connectivity index (χ0) is 16.2. The van der Waals surface area contributed by atoms with Gasteiger partial charge in [-0.3, -0.25) is 0 Å². The van der Waals surface area contributed by atoms with E-state index in [1.807, 2.05) is 55.5 Å². The van der Waals surface area contributed by atoms with E-state index in [1.54, 1.807) is 0 Å². The maximum atomic E-state index is 8.88. The molecule has 0 radical (unpaired) electrons. The Morgan fingerprint density at radius 2 is 1.65 bits per heavy atom. The molecule has 6 nitrogen and oxygen atoms in total. The monoisotopic (exact) mass is 308 g/mol. The van der Waals surface area contributed by atoms with Gasteiger partial charge in [-0.05, 0) is 30.3 Å². The molecule has 2 heterocycles. The van der Waals surface area contributed by atoms with Gasteiger partial charge in [-0.25, -0.2) is 4.98 Å². The second kappa shape index (κ2) is 6.53. The summed E-state index contributed by atoms with van der Waals surface area (Å²) in [7, 11) is 3.89. The fourth-order valence-electron chi connectivity index (χ4n) is 2.67. The van der Waals surface area contributed by atoms with Crippen LogP contribution in [0.15, 0.2) is 36.5 Å². The van der Waals surface area contributed by atoms with Crippen molar-refractivity contribution >= 4 is 17.5 Å². The lowest BCUT2D eigenvalue weighted by Gasteiger charge is -2.36. The van der Waals surface area contributed by atoms with Crippen LogP contribution in [0.5, 0.6) is 0 Å². The maximum Gasteiger partial charge on any atom is 0.226 e. The van der Waals surface area contributed by atoms with Gasteiger partial charge < -0.3 is 14.7 Å². The van der Waals surface area contributed by atoms with Crippen LogP contribution in [0.1, 0.15) is 5.56 Å². The SMILES string of the molecule is CN(C)c1nccc(N2CCN(c3ccc(C#N)cc3)CC2)n1. The molecule has 6 heteroatoms. The summed E-state index contributed by atoms with van der Waals surface area (Å²) in [6, 6.07) is 11.9. The van der Waals surface area contributed by atoms with Gasteiger partial charge >= 0.3 is 0 Å². The van der Waals surface area contributed by atoms with Crippen LogP contribution in [0, 0.1) is 11.3 Å². The number of nitriles is 1. The highest BCUT2D eigenvalue weighted by Crippen LogP contribution is 2.20. The molecule has 0 aliphatic carbocycles. The van der Waals surface area contributed by atoms with Crippen LogP contribution in [-0.2, 0) is 0 Å². The molecule has 0 bridgehead atoms. The van der Waals surface area contributed by atoms with Gasteiger partial charge in [-0.1, -0.05) is 0 Å². The zero-order valence-corrected chi connectivity index (χ0v) is 13.5. The van der Waals surface area contributed by atoms with Crippen LogP contribution in [0.3, 0.4) is 0 Å². The first kappa shape index (κ1) is 15.1. The summed E-state index contributed by atoms with van der Waals surface area (Å²) in [5, 5.41) is 8.88. The summed E-state index contributed by atoms with van der Waals surface area (Å²) >= 11 is 0. The van der Waals surface area contributed by atoms with Gasteiger partial charge in [0.05, 0.1) is 11.6 Å². The molecule has 1 aromatic heterocycles. The summed E-state index contributed by atoms with van der Waals surface area (Å²) < 4.78 is 0. The lowest BCUT2D eigenvalue weighted by Crippen LogP contribution is -2.46. The highest BCUT2D eigenvalue weighted by atomic mass is 15.3. The number of hydrogen-bond donors (Lipinski definition) is 0. The fourth-order valence-corrected chi connectivity index (χ4v) is 2.67. The van der Waals surface area contributed by atoms with Crippen molar-refractivity contribution in [2.24, 2.45) is 0 Å². The van der Waals surface area contributed by atoms with Gasteiger partial charge in [0.15, 0.2) is 0 Å². The molecule has 1 fully saturated rings. The van der Waals surface area contributed by atoms with E-state index in [-0.39, 0.29) is 0 Å². The second-order valence-corrected chi connectivity index (χ2v) is 5.74. The molecule has 0 saturated carbocycles. The molecule has 0 unspecified atom stereocenters. The Bertz CT molecular complexity index is 696. The third-order valence-electron chi connectivity index (χ3n) is 3.99. The molecule has 0 N–H and O–H groups in total. The summed E-state index contributed by atoms with van der Waals surface area (Å²) in [5.41, 5.74) is 1.87. The third kappa shape index (κ3) is 3.34. The Kier molecular flexibility index (Phi) is 4.29. The highest BCUT2D eigenvalue weighted by Gasteiger charge is 2.19. The average Bonchev–Trinajstić information content (AvgIpc) is 2.62. The van der Waals surface area contributed by atoms with Crippen LogP contribution >= 0.6 is 0 Å². The first-order valence-electron chi connectivity index (χ1n) is 7.68. The van der Waals surface area contributed by atoms with Crippen LogP contribution < -0.4 is 14.7 Å². The first-order valence-corrected chi connectivity index (χ1v) is 7.68.